The Kier molecular flexibility index (Phi) is 1.90. The first-order valence-corrected chi connectivity index (χ1v) is 5.28. The normalized spacial score (nSPS) is 39.6. The fraction of sp³-hybridized carbons (Fsp3) is 0.636. The second kappa shape index (κ2) is 2.90. The fourth-order valence-corrected chi connectivity index (χ4v) is 3.25. The molecular weight excluding hydrogens is 246 g/mol. The van der Waals surface area contributed by atoms with E-state index in [0.717, 1.165) is 0 Å². The van der Waals surface area contributed by atoms with E-state index >= 15 is 0 Å². The molecule has 0 radical (unpaired) electrons. The highest BCUT2D eigenvalue weighted by Crippen LogP contribution is 2.65. The predicted octanol–water partition coefficient (Wildman–Crippen LogP) is 3.86. The zero-order valence-corrected chi connectivity index (χ0v) is 8.44. The second-order valence-corrected chi connectivity index (χ2v) is 4.82. The van der Waals surface area contributed by atoms with Crippen LogP contribution in [-0.4, -0.2) is 12.4 Å². The highest BCUT2D eigenvalue weighted by atomic mass is 19.4. The maximum absolute atomic E-state index is 12.8. The van der Waals surface area contributed by atoms with Crippen molar-refractivity contribution >= 4 is 0 Å². The molecule has 0 saturated heterocycles. The van der Waals surface area contributed by atoms with E-state index in [-0.39, 0.29) is 11.8 Å². The Morgan fingerprint density at radius 3 is 1.41 bits per heavy atom. The first-order valence-electron chi connectivity index (χ1n) is 5.28. The Hall–Kier alpha value is -0.940. The Balaban J connectivity index is 2.17. The lowest BCUT2D eigenvalue weighted by Gasteiger charge is -2.37. The summed E-state index contributed by atoms with van der Waals surface area (Å²) in [4.78, 5) is 0. The number of hydrogen-bond acceptors (Lipinski definition) is 0. The molecule has 4 aliphatic rings. The van der Waals surface area contributed by atoms with Gasteiger partial charge in [-0.25, -0.2) is 0 Å². The van der Waals surface area contributed by atoms with E-state index in [1.54, 1.807) is 0 Å². The lowest BCUT2D eigenvalue weighted by atomic mass is 9.71. The van der Waals surface area contributed by atoms with E-state index in [2.05, 4.69) is 0 Å². The Bertz CT molecular complexity index is 386. The number of hydrogen-bond donors (Lipinski definition) is 0. The Morgan fingerprint density at radius 2 is 1.12 bits per heavy atom. The molecule has 1 fully saturated rings. The van der Waals surface area contributed by atoms with Crippen molar-refractivity contribution in [2.75, 3.05) is 0 Å². The summed E-state index contributed by atoms with van der Waals surface area (Å²) in [7, 11) is 0. The van der Waals surface area contributed by atoms with Gasteiger partial charge < -0.3 is 0 Å². The number of allylic oxidation sites excluding steroid dienone is 4. The molecule has 17 heavy (non-hydrogen) atoms. The van der Waals surface area contributed by atoms with Crippen LogP contribution in [0.2, 0.25) is 0 Å². The highest BCUT2D eigenvalue weighted by molar-refractivity contribution is 5.44. The molecule has 0 heterocycles. The quantitative estimate of drug-likeness (QED) is 0.455. The molecule has 6 heteroatoms. The zero-order valence-electron chi connectivity index (χ0n) is 8.44. The summed E-state index contributed by atoms with van der Waals surface area (Å²) in [5.74, 6) is -2.62. The van der Waals surface area contributed by atoms with Gasteiger partial charge in [0, 0.05) is 23.0 Å². The topological polar surface area (TPSA) is 0 Å². The van der Waals surface area contributed by atoms with Crippen molar-refractivity contribution in [1.29, 1.82) is 0 Å². The first-order chi connectivity index (χ1) is 7.71. The summed E-state index contributed by atoms with van der Waals surface area (Å²) in [6, 6.07) is 0. The SMILES string of the molecule is FC(F)(F)C1=C(C(F)(F)F)[C@@H]2C=C[C@H]1[C@H]1C[C@H]12. The molecule has 1 saturated carbocycles. The predicted molar refractivity (Wildman–Crippen MR) is 46.9 cm³/mol. The summed E-state index contributed by atoms with van der Waals surface area (Å²) in [5.41, 5.74) is -2.70. The molecule has 0 nitrogen and oxygen atoms in total. The third-order valence-electron chi connectivity index (χ3n) is 3.91. The molecule has 0 spiro atoms. The fourth-order valence-electron chi connectivity index (χ4n) is 3.25. The monoisotopic (exact) mass is 254 g/mol. The molecule has 0 aromatic heterocycles. The van der Waals surface area contributed by atoms with Crippen molar-refractivity contribution in [3.63, 3.8) is 0 Å². The minimum absolute atomic E-state index is 0.229. The molecule has 94 valence electrons. The third kappa shape index (κ3) is 1.45. The van der Waals surface area contributed by atoms with Crippen molar-refractivity contribution in [3.8, 4) is 0 Å². The van der Waals surface area contributed by atoms with Gasteiger partial charge in [0.2, 0.25) is 0 Å². The van der Waals surface area contributed by atoms with Crippen molar-refractivity contribution < 1.29 is 26.3 Å². The molecule has 4 atom stereocenters. The number of alkyl halides is 6. The highest BCUT2D eigenvalue weighted by Gasteiger charge is 2.64. The minimum Gasteiger partial charge on any atom is -0.166 e. The van der Waals surface area contributed by atoms with Gasteiger partial charge in [-0.05, 0) is 18.3 Å². The summed E-state index contributed by atoms with van der Waals surface area (Å²) in [6.45, 7) is 0. The largest absolute Gasteiger partial charge is 0.413 e. The van der Waals surface area contributed by atoms with Gasteiger partial charge >= 0.3 is 12.4 Å². The lowest BCUT2D eigenvalue weighted by Crippen LogP contribution is -2.37. The second-order valence-electron chi connectivity index (χ2n) is 4.82. The summed E-state index contributed by atoms with van der Waals surface area (Å²) >= 11 is 0. The van der Waals surface area contributed by atoms with E-state index in [1.165, 1.54) is 12.2 Å². The average molecular weight is 254 g/mol. The van der Waals surface area contributed by atoms with Gasteiger partial charge in [-0.1, -0.05) is 12.2 Å². The van der Waals surface area contributed by atoms with Gasteiger partial charge in [-0.3, -0.25) is 0 Å². The van der Waals surface area contributed by atoms with Crippen LogP contribution in [0.3, 0.4) is 0 Å². The molecule has 2 bridgehead atoms. The van der Waals surface area contributed by atoms with E-state index in [0.29, 0.717) is 6.42 Å². The summed E-state index contributed by atoms with van der Waals surface area (Å²) in [5, 5.41) is 0. The van der Waals surface area contributed by atoms with Crippen molar-refractivity contribution in [2.24, 2.45) is 23.7 Å². The van der Waals surface area contributed by atoms with Gasteiger partial charge in [0.1, 0.15) is 0 Å². The molecule has 0 N–H and O–H groups in total. The van der Waals surface area contributed by atoms with E-state index < -0.39 is 35.3 Å². The van der Waals surface area contributed by atoms with Crippen LogP contribution < -0.4 is 0 Å². The smallest absolute Gasteiger partial charge is 0.166 e. The van der Waals surface area contributed by atoms with Gasteiger partial charge in [-0.15, -0.1) is 0 Å². The maximum Gasteiger partial charge on any atom is 0.413 e. The molecular formula is C11H8F6. The first kappa shape index (κ1) is 11.2. The molecule has 0 unspecified atom stereocenters. The van der Waals surface area contributed by atoms with Crippen LogP contribution in [0.4, 0.5) is 26.3 Å². The standard InChI is InChI=1S/C11H8F6/c12-10(13,14)8-4-1-2-5(7-3-6(4)7)9(8)11(15,16)17/h1-2,4-7H,3H2/t4-,5+,6+,7-. The van der Waals surface area contributed by atoms with Gasteiger partial charge in [-0.2, -0.15) is 26.3 Å². The number of halogens is 6. The molecule has 0 amide bonds. The number of rotatable bonds is 0. The van der Waals surface area contributed by atoms with Gasteiger partial charge in [0.25, 0.3) is 0 Å². The average Bonchev–Trinajstić information content (AvgIpc) is 2.93. The van der Waals surface area contributed by atoms with Crippen molar-refractivity contribution in [2.45, 2.75) is 18.8 Å². The molecule has 0 aromatic carbocycles. The lowest BCUT2D eigenvalue weighted by molar-refractivity contribution is -0.128. The molecule has 0 aromatic rings. The van der Waals surface area contributed by atoms with Crippen LogP contribution in [0.15, 0.2) is 23.3 Å². The zero-order chi connectivity index (χ0) is 12.6. The van der Waals surface area contributed by atoms with Crippen molar-refractivity contribution in [1.82, 2.24) is 0 Å². The molecule has 0 aliphatic heterocycles. The van der Waals surface area contributed by atoms with Gasteiger partial charge in [0.15, 0.2) is 0 Å². The minimum atomic E-state index is -4.88. The molecule has 4 aliphatic carbocycles. The van der Waals surface area contributed by atoms with Crippen LogP contribution in [0.5, 0.6) is 0 Å². The summed E-state index contributed by atoms with van der Waals surface area (Å²) in [6.07, 6.45) is -6.69. The van der Waals surface area contributed by atoms with Crippen molar-refractivity contribution in [3.05, 3.63) is 23.3 Å². The van der Waals surface area contributed by atoms with E-state index in [9.17, 15) is 26.3 Å². The van der Waals surface area contributed by atoms with Crippen LogP contribution in [0.1, 0.15) is 6.42 Å². The van der Waals surface area contributed by atoms with E-state index in [1.807, 2.05) is 0 Å². The molecule has 4 rings (SSSR count). The Morgan fingerprint density at radius 1 is 0.765 bits per heavy atom. The van der Waals surface area contributed by atoms with Gasteiger partial charge in [0.05, 0.1) is 0 Å². The van der Waals surface area contributed by atoms with E-state index in [4.69, 9.17) is 0 Å². The summed E-state index contributed by atoms with van der Waals surface area (Å²) < 4.78 is 76.7. The van der Waals surface area contributed by atoms with Crippen LogP contribution in [-0.2, 0) is 0 Å². The third-order valence-corrected chi connectivity index (χ3v) is 3.91. The Labute approximate surface area is 93.0 Å². The maximum atomic E-state index is 12.8. The van der Waals surface area contributed by atoms with Crippen LogP contribution in [0.25, 0.3) is 0 Å². The van der Waals surface area contributed by atoms with Crippen LogP contribution in [0, 0.1) is 23.7 Å². The van der Waals surface area contributed by atoms with Crippen LogP contribution >= 0.6 is 0 Å².